The average molecular weight is 372 g/mol. The van der Waals surface area contributed by atoms with Crippen molar-refractivity contribution in [2.24, 2.45) is 5.92 Å². The van der Waals surface area contributed by atoms with Gasteiger partial charge in [-0.3, -0.25) is 9.48 Å². The van der Waals surface area contributed by atoms with Gasteiger partial charge in [-0.05, 0) is 37.0 Å². The molecule has 0 saturated heterocycles. The van der Waals surface area contributed by atoms with Crippen LogP contribution in [0.4, 0.5) is 5.69 Å². The molecule has 0 radical (unpaired) electrons. The summed E-state index contributed by atoms with van der Waals surface area (Å²) in [5, 5.41) is 11.8. The number of rotatable bonds is 7. The van der Waals surface area contributed by atoms with Crippen LogP contribution in [0, 0.1) is 5.92 Å². The molecule has 1 N–H and O–H groups in total. The lowest BCUT2D eigenvalue weighted by atomic mass is 10.3. The van der Waals surface area contributed by atoms with Crippen LogP contribution < -0.4 is 10.1 Å². The molecule has 1 aliphatic carbocycles. The van der Waals surface area contributed by atoms with E-state index in [0.717, 1.165) is 12.5 Å². The Kier molecular flexibility index (Phi) is 4.62. The minimum Gasteiger partial charge on any atom is -0.470 e. The van der Waals surface area contributed by atoms with E-state index < -0.39 is 0 Å². The number of aromatic nitrogens is 4. The van der Waals surface area contributed by atoms with Gasteiger partial charge in [0.15, 0.2) is 12.4 Å². The van der Waals surface area contributed by atoms with Gasteiger partial charge in [-0.25, -0.2) is 4.68 Å². The molecule has 1 fully saturated rings. The second kappa shape index (κ2) is 7.21. The van der Waals surface area contributed by atoms with Crippen LogP contribution in [0.25, 0.3) is 0 Å². The van der Waals surface area contributed by atoms with Gasteiger partial charge in [0.2, 0.25) is 0 Å². The van der Waals surface area contributed by atoms with Crippen LogP contribution in [0.2, 0.25) is 5.02 Å². The Bertz CT molecular complexity index is 916. The van der Waals surface area contributed by atoms with Crippen molar-refractivity contribution in [1.29, 1.82) is 0 Å². The summed E-state index contributed by atoms with van der Waals surface area (Å²) in [5.74, 6) is 1.01. The number of hydrogen-bond donors (Lipinski definition) is 1. The summed E-state index contributed by atoms with van der Waals surface area (Å²) in [6.07, 6.45) is 7.69. The lowest BCUT2D eigenvalue weighted by Crippen LogP contribution is -2.14. The quantitative estimate of drug-likeness (QED) is 0.690. The van der Waals surface area contributed by atoms with Crippen molar-refractivity contribution in [3.8, 4) is 5.75 Å². The number of hydrogen-bond acceptors (Lipinski definition) is 4. The van der Waals surface area contributed by atoms with Gasteiger partial charge in [0.1, 0.15) is 5.75 Å². The molecule has 1 aliphatic rings. The second-order valence-electron chi connectivity index (χ2n) is 6.29. The molecule has 0 spiro atoms. The monoisotopic (exact) mass is 371 g/mol. The first-order valence-electron chi connectivity index (χ1n) is 8.42. The van der Waals surface area contributed by atoms with Gasteiger partial charge in [-0.15, -0.1) is 0 Å². The van der Waals surface area contributed by atoms with E-state index in [1.807, 2.05) is 23.0 Å². The molecule has 1 amide bonds. The third kappa shape index (κ3) is 4.05. The highest BCUT2D eigenvalue weighted by molar-refractivity contribution is 6.32. The number of carbonyl (C=O) groups excluding carboxylic acids is 1. The molecule has 3 aromatic rings. The first-order chi connectivity index (χ1) is 12.7. The van der Waals surface area contributed by atoms with Crippen LogP contribution in [0.5, 0.6) is 5.75 Å². The van der Waals surface area contributed by atoms with E-state index in [1.54, 1.807) is 30.6 Å². The summed E-state index contributed by atoms with van der Waals surface area (Å²) in [5.41, 5.74) is 0.972. The van der Waals surface area contributed by atoms with Crippen LogP contribution in [-0.2, 0) is 13.3 Å². The highest BCUT2D eigenvalue weighted by Crippen LogP contribution is 2.30. The number of carbonyl (C=O) groups is 1. The largest absolute Gasteiger partial charge is 0.470 e. The molecule has 1 aromatic carbocycles. The number of para-hydroxylation sites is 1. The smallest absolute Gasteiger partial charge is 0.276 e. The van der Waals surface area contributed by atoms with E-state index in [0.29, 0.717) is 22.2 Å². The third-order valence-corrected chi connectivity index (χ3v) is 4.41. The number of anilines is 1. The molecule has 2 heterocycles. The topological polar surface area (TPSA) is 74.0 Å². The Morgan fingerprint density at radius 1 is 1.27 bits per heavy atom. The molecular formula is C18H18ClN5O2. The molecule has 8 heteroatoms. The van der Waals surface area contributed by atoms with Gasteiger partial charge < -0.3 is 10.1 Å². The Balaban J connectivity index is 1.33. The van der Waals surface area contributed by atoms with E-state index in [1.165, 1.54) is 17.5 Å². The summed E-state index contributed by atoms with van der Waals surface area (Å²) in [7, 11) is 0. The van der Waals surface area contributed by atoms with Crippen LogP contribution in [0.3, 0.4) is 0 Å². The standard InChI is InChI=1S/C18H18ClN5O2/c19-15-3-1-2-4-17(15)26-12-23-8-7-16(22-23)18(25)21-14-9-20-24(11-14)10-13-5-6-13/h1-4,7-9,11,13H,5-6,10,12H2,(H,21,25). The number of nitrogens with zero attached hydrogens (tertiary/aromatic N) is 4. The normalized spacial score (nSPS) is 13.6. The molecular weight excluding hydrogens is 354 g/mol. The van der Waals surface area contributed by atoms with Crippen molar-refractivity contribution < 1.29 is 9.53 Å². The summed E-state index contributed by atoms with van der Waals surface area (Å²) < 4.78 is 9.00. The molecule has 2 aromatic heterocycles. The maximum Gasteiger partial charge on any atom is 0.276 e. The average Bonchev–Trinajstić information content (AvgIpc) is 3.14. The predicted molar refractivity (Wildman–Crippen MR) is 97.2 cm³/mol. The van der Waals surface area contributed by atoms with Crippen molar-refractivity contribution in [2.75, 3.05) is 5.32 Å². The zero-order valence-electron chi connectivity index (χ0n) is 14.0. The molecule has 0 unspecified atom stereocenters. The number of halogens is 1. The van der Waals surface area contributed by atoms with Crippen LogP contribution in [-0.4, -0.2) is 25.5 Å². The molecule has 134 valence electrons. The van der Waals surface area contributed by atoms with E-state index in [-0.39, 0.29) is 12.6 Å². The first kappa shape index (κ1) is 16.7. The zero-order valence-corrected chi connectivity index (χ0v) is 14.8. The molecule has 26 heavy (non-hydrogen) atoms. The van der Waals surface area contributed by atoms with Crippen molar-refractivity contribution in [1.82, 2.24) is 19.6 Å². The molecule has 4 rings (SSSR count). The summed E-state index contributed by atoms with van der Waals surface area (Å²) in [6.45, 7) is 1.07. The lowest BCUT2D eigenvalue weighted by molar-refractivity contribution is 0.102. The van der Waals surface area contributed by atoms with E-state index >= 15 is 0 Å². The van der Waals surface area contributed by atoms with Gasteiger partial charge >= 0.3 is 0 Å². The van der Waals surface area contributed by atoms with Gasteiger partial charge in [-0.2, -0.15) is 10.2 Å². The fourth-order valence-electron chi connectivity index (χ4n) is 2.54. The van der Waals surface area contributed by atoms with E-state index in [9.17, 15) is 4.79 Å². The van der Waals surface area contributed by atoms with Crippen molar-refractivity contribution in [3.05, 3.63) is 59.6 Å². The molecule has 7 nitrogen and oxygen atoms in total. The number of amides is 1. The third-order valence-electron chi connectivity index (χ3n) is 4.10. The van der Waals surface area contributed by atoms with E-state index in [2.05, 4.69) is 15.5 Å². The Morgan fingerprint density at radius 3 is 2.92 bits per heavy atom. The predicted octanol–water partition coefficient (Wildman–Crippen LogP) is 3.43. The summed E-state index contributed by atoms with van der Waals surface area (Å²) >= 11 is 6.05. The Morgan fingerprint density at radius 2 is 2.12 bits per heavy atom. The fraction of sp³-hybridized carbons (Fsp3) is 0.278. The van der Waals surface area contributed by atoms with Gasteiger partial charge in [0.25, 0.3) is 5.91 Å². The Hall–Kier alpha value is -2.80. The van der Waals surface area contributed by atoms with Crippen LogP contribution in [0.15, 0.2) is 48.9 Å². The van der Waals surface area contributed by atoms with Gasteiger partial charge in [0.05, 0.1) is 16.9 Å². The van der Waals surface area contributed by atoms with E-state index in [4.69, 9.17) is 16.3 Å². The SMILES string of the molecule is O=C(Nc1cnn(CC2CC2)c1)c1ccn(COc2ccccc2Cl)n1. The zero-order chi connectivity index (χ0) is 17.9. The first-order valence-corrected chi connectivity index (χ1v) is 8.80. The highest BCUT2D eigenvalue weighted by atomic mass is 35.5. The van der Waals surface area contributed by atoms with Gasteiger partial charge in [0, 0.05) is 18.9 Å². The minimum atomic E-state index is -0.285. The van der Waals surface area contributed by atoms with Crippen molar-refractivity contribution in [3.63, 3.8) is 0 Å². The lowest BCUT2D eigenvalue weighted by Gasteiger charge is -2.07. The van der Waals surface area contributed by atoms with Crippen molar-refractivity contribution in [2.45, 2.75) is 26.1 Å². The molecule has 0 bridgehead atoms. The fourth-order valence-corrected chi connectivity index (χ4v) is 2.73. The van der Waals surface area contributed by atoms with Crippen LogP contribution >= 0.6 is 11.6 Å². The van der Waals surface area contributed by atoms with Gasteiger partial charge in [-0.1, -0.05) is 23.7 Å². The molecule has 1 saturated carbocycles. The number of ether oxygens (including phenoxy) is 1. The van der Waals surface area contributed by atoms with Crippen LogP contribution in [0.1, 0.15) is 23.3 Å². The van der Waals surface area contributed by atoms with Crippen molar-refractivity contribution >= 4 is 23.2 Å². The summed E-state index contributed by atoms with van der Waals surface area (Å²) in [4.78, 5) is 12.3. The summed E-state index contributed by atoms with van der Waals surface area (Å²) in [6, 6.07) is 8.84. The molecule has 0 atom stereocenters. The highest BCUT2D eigenvalue weighted by Gasteiger charge is 2.22. The molecule has 0 aliphatic heterocycles. The maximum absolute atomic E-state index is 12.3. The minimum absolute atomic E-state index is 0.163. The maximum atomic E-state index is 12.3. The number of benzene rings is 1. The Labute approximate surface area is 155 Å². The second-order valence-corrected chi connectivity index (χ2v) is 6.70. The number of nitrogens with one attached hydrogen (secondary N) is 1.